The Kier molecular flexibility index (Phi) is 5.51. The van der Waals surface area contributed by atoms with E-state index in [1.165, 1.54) is 0 Å². The first kappa shape index (κ1) is 21.4. The molecule has 0 radical (unpaired) electrons. The molecule has 4 aromatic rings. The zero-order chi connectivity index (χ0) is 23.1. The molecule has 0 saturated heterocycles. The molecule has 0 fully saturated rings. The second kappa shape index (κ2) is 8.49. The van der Waals surface area contributed by atoms with Gasteiger partial charge >= 0.3 is 0 Å². The molecule has 0 spiro atoms. The summed E-state index contributed by atoms with van der Waals surface area (Å²) in [4.78, 5) is 2.22. The molecule has 33 heavy (non-hydrogen) atoms. The summed E-state index contributed by atoms with van der Waals surface area (Å²) in [5, 5.41) is 4.45. The molecule has 0 saturated carbocycles. The molecule has 166 valence electrons. The number of ether oxygens (including phenoxy) is 3. The van der Waals surface area contributed by atoms with E-state index < -0.39 is 0 Å². The van der Waals surface area contributed by atoms with Gasteiger partial charge in [0.1, 0.15) is 5.75 Å². The Morgan fingerprint density at radius 3 is 2.06 bits per heavy atom. The van der Waals surface area contributed by atoms with Crippen molar-refractivity contribution in [1.29, 1.82) is 0 Å². The largest absolute Gasteiger partial charge is 0.496 e. The van der Waals surface area contributed by atoms with Crippen LogP contribution in [0.1, 0.15) is 0 Å². The highest BCUT2D eigenvalue weighted by atomic mass is 79.9. The summed E-state index contributed by atoms with van der Waals surface area (Å²) >= 11 is 3.72. The van der Waals surface area contributed by atoms with Gasteiger partial charge in [-0.25, -0.2) is 0 Å². The third-order valence-electron chi connectivity index (χ3n) is 6.22. The summed E-state index contributed by atoms with van der Waals surface area (Å²) in [6.45, 7) is 0. The molecule has 5 rings (SSSR count). The van der Waals surface area contributed by atoms with Crippen molar-refractivity contribution in [2.24, 2.45) is 0 Å². The summed E-state index contributed by atoms with van der Waals surface area (Å²) in [6.07, 6.45) is 2.16. The fraction of sp³-hybridized carbons (Fsp3) is 0.143. The van der Waals surface area contributed by atoms with E-state index in [4.69, 9.17) is 14.2 Å². The lowest BCUT2D eigenvalue weighted by Gasteiger charge is -2.28. The van der Waals surface area contributed by atoms with Crippen LogP contribution in [0.2, 0.25) is 0 Å². The van der Waals surface area contributed by atoms with Gasteiger partial charge in [0.2, 0.25) is 0 Å². The summed E-state index contributed by atoms with van der Waals surface area (Å²) < 4.78 is 17.9. The fourth-order valence-electron chi connectivity index (χ4n) is 4.50. The number of methoxy groups -OCH3 is 3. The second-order valence-electron chi connectivity index (χ2n) is 7.88. The van der Waals surface area contributed by atoms with Crippen LogP contribution in [0.15, 0.2) is 71.2 Å². The summed E-state index contributed by atoms with van der Waals surface area (Å²) in [7, 11) is 7.13. The van der Waals surface area contributed by atoms with Gasteiger partial charge in [-0.15, -0.1) is 0 Å². The maximum absolute atomic E-state index is 5.65. The molecule has 0 amide bonds. The molecule has 0 heterocycles. The van der Waals surface area contributed by atoms with Gasteiger partial charge in [0, 0.05) is 33.0 Å². The molecule has 0 N–H and O–H groups in total. The number of benzene rings is 4. The van der Waals surface area contributed by atoms with Crippen molar-refractivity contribution in [1.82, 2.24) is 0 Å². The van der Waals surface area contributed by atoms with Crippen LogP contribution in [0.25, 0.3) is 33.7 Å². The zero-order valence-electron chi connectivity index (χ0n) is 19.0. The second-order valence-corrected chi connectivity index (χ2v) is 8.73. The maximum atomic E-state index is 5.65. The van der Waals surface area contributed by atoms with Gasteiger partial charge < -0.3 is 19.1 Å². The maximum Gasteiger partial charge on any atom is 0.161 e. The number of nitrogens with zero attached hydrogens (tertiary/aromatic N) is 1. The third-order valence-corrected chi connectivity index (χ3v) is 6.88. The highest BCUT2D eigenvalue weighted by Crippen LogP contribution is 2.42. The lowest BCUT2D eigenvalue weighted by atomic mass is 9.95. The number of rotatable bonds is 6. The summed E-state index contributed by atoms with van der Waals surface area (Å²) in [6, 6.07) is 22.9. The van der Waals surface area contributed by atoms with Gasteiger partial charge in [0.25, 0.3) is 0 Å². The SMILES string of the molecule is COc1cc2c(-c3ccccc3)ccc(N(C)C3=c4c(Br)ccc(OC)c4=C3)c2cc1OC. The third kappa shape index (κ3) is 3.44. The molecule has 1 aliphatic carbocycles. The quantitative estimate of drug-likeness (QED) is 0.357. The van der Waals surface area contributed by atoms with Crippen LogP contribution in [0.4, 0.5) is 5.69 Å². The molecule has 0 bridgehead atoms. The molecular weight excluding hydrogens is 478 g/mol. The molecule has 1 aliphatic rings. The predicted octanol–water partition coefficient (Wildman–Crippen LogP) is 5.33. The van der Waals surface area contributed by atoms with E-state index >= 15 is 0 Å². The predicted molar refractivity (Wildman–Crippen MR) is 139 cm³/mol. The first-order valence-corrected chi connectivity index (χ1v) is 11.4. The smallest absolute Gasteiger partial charge is 0.161 e. The monoisotopic (exact) mass is 501 g/mol. The standard InChI is InChI=1S/C28H24BrNO3/c1-30(24-14-21-25(31-2)13-11-22(29)28(21)24)23-12-10-18(17-8-6-5-7-9-17)19-15-26(32-3)27(33-4)16-20(19)23/h5-16H,1-4H3. The lowest BCUT2D eigenvalue weighted by molar-refractivity contribution is 0.356. The van der Waals surface area contributed by atoms with E-state index in [0.29, 0.717) is 11.5 Å². The van der Waals surface area contributed by atoms with Gasteiger partial charge in [-0.05, 0) is 52.9 Å². The molecule has 4 aromatic carbocycles. The number of halogens is 1. The van der Waals surface area contributed by atoms with Gasteiger partial charge in [0.15, 0.2) is 11.5 Å². The molecule has 0 aromatic heterocycles. The molecule has 4 nitrogen and oxygen atoms in total. The average molecular weight is 502 g/mol. The number of anilines is 1. The number of hydrogen-bond donors (Lipinski definition) is 0. The Balaban J connectivity index is 1.76. The van der Waals surface area contributed by atoms with Gasteiger partial charge in [-0.3, -0.25) is 0 Å². The molecular formula is C28H24BrNO3. The minimum atomic E-state index is 0.704. The van der Waals surface area contributed by atoms with E-state index in [1.54, 1.807) is 21.3 Å². The Hall–Kier alpha value is -3.44. The van der Waals surface area contributed by atoms with E-state index in [-0.39, 0.29) is 0 Å². The Morgan fingerprint density at radius 2 is 1.39 bits per heavy atom. The van der Waals surface area contributed by atoms with Crippen LogP contribution in [0, 0.1) is 0 Å². The van der Waals surface area contributed by atoms with Crippen LogP contribution < -0.4 is 29.5 Å². The number of fused-ring (bicyclic) bond motifs is 2. The van der Waals surface area contributed by atoms with Crippen molar-refractivity contribution >= 4 is 44.2 Å². The van der Waals surface area contributed by atoms with Gasteiger partial charge in [-0.1, -0.05) is 52.3 Å². The van der Waals surface area contributed by atoms with Crippen LogP contribution in [0.5, 0.6) is 17.2 Å². The Bertz CT molecular complexity index is 1500. The van der Waals surface area contributed by atoms with Crippen LogP contribution in [-0.2, 0) is 0 Å². The summed E-state index contributed by atoms with van der Waals surface area (Å²) in [5.41, 5.74) is 4.51. The van der Waals surface area contributed by atoms with Crippen molar-refractivity contribution < 1.29 is 14.2 Å². The lowest BCUT2D eigenvalue weighted by Crippen LogP contribution is -2.42. The average Bonchev–Trinajstić information content (AvgIpc) is 2.83. The van der Waals surface area contributed by atoms with Crippen molar-refractivity contribution in [2.45, 2.75) is 0 Å². The summed E-state index contributed by atoms with van der Waals surface area (Å²) in [5.74, 6) is 2.29. The van der Waals surface area contributed by atoms with Gasteiger partial charge in [0.05, 0.1) is 27.0 Å². The van der Waals surface area contributed by atoms with E-state index in [9.17, 15) is 0 Å². The first-order valence-electron chi connectivity index (χ1n) is 10.6. The minimum absolute atomic E-state index is 0.704. The fourth-order valence-corrected chi connectivity index (χ4v) is 5.05. The number of hydrogen-bond acceptors (Lipinski definition) is 4. The topological polar surface area (TPSA) is 30.9 Å². The van der Waals surface area contributed by atoms with Gasteiger partial charge in [-0.2, -0.15) is 0 Å². The first-order chi connectivity index (χ1) is 16.1. The molecule has 0 atom stereocenters. The zero-order valence-corrected chi connectivity index (χ0v) is 20.6. The Labute approximate surface area is 201 Å². The highest BCUT2D eigenvalue weighted by molar-refractivity contribution is 9.10. The molecule has 0 unspecified atom stereocenters. The van der Waals surface area contributed by atoms with Crippen LogP contribution in [-0.4, -0.2) is 28.4 Å². The van der Waals surface area contributed by atoms with Crippen LogP contribution >= 0.6 is 15.9 Å². The van der Waals surface area contributed by atoms with Crippen molar-refractivity contribution in [3.8, 4) is 28.4 Å². The van der Waals surface area contributed by atoms with Crippen molar-refractivity contribution in [3.63, 3.8) is 0 Å². The van der Waals surface area contributed by atoms with E-state index in [0.717, 1.165) is 53.9 Å². The van der Waals surface area contributed by atoms with E-state index in [2.05, 4.69) is 82.5 Å². The van der Waals surface area contributed by atoms with Crippen LogP contribution in [0.3, 0.4) is 0 Å². The Morgan fingerprint density at radius 1 is 0.727 bits per heavy atom. The van der Waals surface area contributed by atoms with Crippen molar-refractivity contribution in [3.05, 3.63) is 81.6 Å². The normalized spacial score (nSPS) is 12.0. The molecule has 5 heteroatoms. The molecule has 0 aliphatic heterocycles. The minimum Gasteiger partial charge on any atom is -0.496 e. The highest BCUT2D eigenvalue weighted by Gasteiger charge is 2.21. The van der Waals surface area contributed by atoms with Crippen molar-refractivity contribution in [2.75, 3.05) is 33.3 Å². The van der Waals surface area contributed by atoms with E-state index in [1.807, 2.05) is 18.2 Å².